The van der Waals surface area contributed by atoms with E-state index < -0.39 is 0 Å². The molecule has 11 heteroatoms. The Morgan fingerprint density at radius 2 is 1.69 bits per heavy atom. The Morgan fingerprint density at radius 1 is 1.00 bits per heavy atom. The Bertz CT molecular complexity index is 1820. The molecule has 3 atom stereocenters. The molecule has 2 aromatic carbocycles. The van der Waals surface area contributed by atoms with Gasteiger partial charge in [-0.2, -0.15) is 5.10 Å². The van der Waals surface area contributed by atoms with Crippen molar-refractivity contribution in [3.05, 3.63) is 91.8 Å². The molecule has 0 aliphatic carbocycles. The first kappa shape index (κ1) is 33.6. The lowest BCUT2D eigenvalue weighted by molar-refractivity contribution is -0.134. The maximum Gasteiger partial charge on any atom is 0.282 e. The summed E-state index contributed by atoms with van der Waals surface area (Å²) in [6.45, 7) is 5.22. The highest BCUT2D eigenvalue weighted by Crippen LogP contribution is 2.35. The summed E-state index contributed by atoms with van der Waals surface area (Å²) in [5.74, 6) is 6.43. The summed E-state index contributed by atoms with van der Waals surface area (Å²) in [5, 5.41) is 10.2. The van der Waals surface area contributed by atoms with Crippen LogP contribution < -0.4 is 16.2 Å². The molecule has 250 valence electrons. The van der Waals surface area contributed by atoms with E-state index in [1.54, 1.807) is 13.2 Å². The van der Waals surface area contributed by atoms with Crippen LogP contribution in [-0.2, 0) is 16.6 Å². The molecule has 3 aromatic rings. The molecular weight excluding hydrogens is 672 g/mol. The van der Waals surface area contributed by atoms with Crippen LogP contribution in [0.5, 0.6) is 0 Å². The monoisotopic (exact) mass is 712 g/mol. The van der Waals surface area contributed by atoms with Gasteiger partial charge in [-0.3, -0.25) is 24.5 Å². The van der Waals surface area contributed by atoms with Crippen LogP contribution in [0.2, 0.25) is 0 Å². The largest absolute Gasteiger partial charge is 0.376 e. The zero-order chi connectivity index (χ0) is 34.0. The number of anilines is 1. The lowest BCUT2D eigenvalue weighted by Crippen LogP contribution is -2.52. The first-order valence-electron chi connectivity index (χ1n) is 16.5. The molecule has 3 fully saturated rings. The normalized spacial score (nSPS) is 23.6. The Labute approximate surface area is 289 Å². The molecule has 3 aliphatic rings. The summed E-state index contributed by atoms with van der Waals surface area (Å²) in [6.07, 6.45) is 5.09. The Morgan fingerprint density at radius 3 is 2.38 bits per heavy atom. The number of carbonyl (C=O) groups is 3. The van der Waals surface area contributed by atoms with Crippen LogP contribution in [0.4, 0.5) is 5.69 Å². The summed E-state index contributed by atoms with van der Waals surface area (Å²) >= 11 is 3.44. The van der Waals surface area contributed by atoms with E-state index in [9.17, 15) is 19.2 Å². The minimum absolute atomic E-state index is 0.0484. The smallest absolute Gasteiger partial charge is 0.282 e. The Balaban J connectivity index is 1.02. The summed E-state index contributed by atoms with van der Waals surface area (Å²) in [4.78, 5) is 53.6. The summed E-state index contributed by atoms with van der Waals surface area (Å²) < 4.78 is 1.78. The molecule has 6 rings (SSSR count). The highest BCUT2D eigenvalue weighted by molar-refractivity contribution is 9.10. The van der Waals surface area contributed by atoms with Gasteiger partial charge in [0.25, 0.3) is 11.5 Å². The van der Waals surface area contributed by atoms with Crippen LogP contribution in [0.1, 0.15) is 77.9 Å². The molecular formula is C37H41BrN6O4. The summed E-state index contributed by atoms with van der Waals surface area (Å²) in [7, 11) is 3.74. The topological polar surface area (TPSA) is 117 Å². The number of halogens is 1. The highest BCUT2D eigenvalue weighted by atomic mass is 79.9. The predicted octanol–water partition coefficient (Wildman–Crippen LogP) is 4.26. The van der Waals surface area contributed by atoms with Crippen LogP contribution >= 0.6 is 15.9 Å². The van der Waals surface area contributed by atoms with Gasteiger partial charge in [0.1, 0.15) is 4.47 Å². The number of hydrogen-bond donors (Lipinski definition) is 2. The molecule has 1 aromatic heterocycles. The van der Waals surface area contributed by atoms with Crippen molar-refractivity contribution in [2.45, 2.75) is 56.4 Å². The maximum absolute atomic E-state index is 13.4. The number of amides is 3. The van der Waals surface area contributed by atoms with E-state index in [1.807, 2.05) is 41.3 Å². The third-order valence-corrected chi connectivity index (χ3v) is 10.5. The second kappa shape index (κ2) is 14.1. The van der Waals surface area contributed by atoms with Gasteiger partial charge in [0.15, 0.2) is 0 Å². The zero-order valence-electron chi connectivity index (χ0n) is 27.6. The molecule has 0 spiro atoms. The van der Waals surface area contributed by atoms with Gasteiger partial charge in [0, 0.05) is 62.2 Å². The molecule has 10 nitrogen and oxygen atoms in total. The molecule has 3 saturated heterocycles. The lowest BCUT2D eigenvalue weighted by Gasteiger charge is -2.44. The average Bonchev–Trinajstić information content (AvgIpc) is 3.07. The third-order valence-electron chi connectivity index (χ3n) is 9.75. The fourth-order valence-electron chi connectivity index (χ4n) is 7.25. The molecule has 0 radical (unpaired) electrons. The number of hydrogen-bond acceptors (Lipinski definition) is 7. The number of likely N-dealkylation sites (N-methyl/N-ethyl adjacent to an activating group) is 1. The van der Waals surface area contributed by atoms with Crippen molar-refractivity contribution in [3.8, 4) is 11.8 Å². The minimum atomic E-state index is -0.297. The number of imide groups is 1. The van der Waals surface area contributed by atoms with Crippen molar-refractivity contribution in [2.75, 3.05) is 38.5 Å². The zero-order valence-corrected chi connectivity index (χ0v) is 29.2. The number of rotatable bonds is 5. The predicted molar refractivity (Wildman–Crippen MR) is 188 cm³/mol. The molecule has 48 heavy (non-hydrogen) atoms. The van der Waals surface area contributed by atoms with Gasteiger partial charge in [-0.05, 0) is 96.9 Å². The number of nitrogens with one attached hydrogen (secondary N) is 2. The first-order valence-corrected chi connectivity index (χ1v) is 17.3. The van der Waals surface area contributed by atoms with E-state index in [-0.39, 0.29) is 46.6 Å². The van der Waals surface area contributed by atoms with Crippen molar-refractivity contribution in [1.82, 2.24) is 24.9 Å². The number of piperidine rings is 3. The van der Waals surface area contributed by atoms with Crippen molar-refractivity contribution < 1.29 is 14.4 Å². The van der Waals surface area contributed by atoms with E-state index in [1.165, 1.54) is 10.2 Å². The average molecular weight is 714 g/mol. The molecule has 2 N–H and O–H groups in total. The SMILES string of the molecule is CN1C[C@@H](c2ccc(C(=O)N3CCC(C#Cc4ccc(C5CCC(=O)NC5=O)cc4)CC3)cc2)C[C@](C)(Nc2cnn(C)c(=O)c2Br)C1. The number of nitrogens with zero attached hydrogens (tertiary/aromatic N) is 4. The molecule has 0 saturated carbocycles. The quantitative estimate of drug-likeness (QED) is 0.300. The maximum atomic E-state index is 13.4. The van der Waals surface area contributed by atoms with Crippen LogP contribution in [0.15, 0.2) is 64.0 Å². The number of aromatic nitrogens is 2. The van der Waals surface area contributed by atoms with Crippen LogP contribution in [0.25, 0.3) is 0 Å². The number of aryl methyl sites for hydroxylation is 1. The van der Waals surface area contributed by atoms with Gasteiger partial charge in [-0.25, -0.2) is 4.68 Å². The van der Waals surface area contributed by atoms with Gasteiger partial charge in [-0.1, -0.05) is 36.1 Å². The fraction of sp³-hybridized carbons (Fsp3) is 0.432. The Hall–Kier alpha value is -4.27. The fourth-order valence-corrected chi connectivity index (χ4v) is 7.71. The van der Waals surface area contributed by atoms with E-state index >= 15 is 0 Å². The van der Waals surface area contributed by atoms with E-state index in [0.29, 0.717) is 41.7 Å². The van der Waals surface area contributed by atoms with E-state index in [4.69, 9.17) is 0 Å². The molecule has 1 unspecified atom stereocenters. The number of carbonyl (C=O) groups excluding carboxylic acids is 3. The van der Waals surface area contributed by atoms with Gasteiger partial charge in [0.2, 0.25) is 11.8 Å². The van der Waals surface area contributed by atoms with Gasteiger partial charge < -0.3 is 15.1 Å². The second-order valence-corrected chi connectivity index (χ2v) is 14.5. The van der Waals surface area contributed by atoms with Crippen molar-refractivity contribution in [2.24, 2.45) is 13.0 Å². The highest BCUT2D eigenvalue weighted by Gasteiger charge is 2.36. The molecule has 3 aliphatic heterocycles. The van der Waals surface area contributed by atoms with Crippen molar-refractivity contribution in [3.63, 3.8) is 0 Å². The van der Waals surface area contributed by atoms with Crippen molar-refractivity contribution >= 4 is 39.3 Å². The van der Waals surface area contributed by atoms with E-state index in [0.717, 1.165) is 43.5 Å². The third kappa shape index (κ3) is 7.55. The number of benzene rings is 2. The van der Waals surface area contributed by atoms with Crippen LogP contribution in [0, 0.1) is 17.8 Å². The summed E-state index contributed by atoms with van der Waals surface area (Å²) in [6, 6.07) is 15.8. The Kier molecular flexibility index (Phi) is 9.85. The van der Waals surface area contributed by atoms with Crippen molar-refractivity contribution in [1.29, 1.82) is 0 Å². The lowest BCUT2D eigenvalue weighted by atomic mass is 9.80. The summed E-state index contributed by atoms with van der Waals surface area (Å²) in [5.41, 5.74) is 3.89. The second-order valence-electron chi connectivity index (χ2n) is 13.7. The standard InChI is InChI=1S/C37H41BrN6O4/c1-37(41-31-21-39-43(3)36(48)33(31)38)20-29(22-42(2)23-37)26-10-12-28(13-11-26)35(47)44-18-16-25(17-19-44)5-4-24-6-8-27(9-7-24)30-14-15-32(45)40-34(30)46/h6-13,21,25,29-30,41H,14-20,22-23H2,1-3H3,(H,40,45,46)/t29-,30?,37-/m0/s1. The molecule has 3 amide bonds. The van der Waals surface area contributed by atoms with Gasteiger partial charge in [0.05, 0.1) is 17.8 Å². The van der Waals surface area contributed by atoms with Crippen LogP contribution in [-0.4, -0.2) is 76.1 Å². The molecule has 4 heterocycles. The van der Waals surface area contributed by atoms with Crippen LogP contribution in [0.3, 0.4) is 0 Å². The number of likely N-dealkylation sites (tertiary alicyclic amines) is 2. The van der Waals surface area contributed by atoms with Gasteiger partial charge >= 0.3 is 0 Å². The van der Waals surface area contributed by atoms with E-state index in [2.05, 4.69) is 74.5 Å². The minimum Gasteiger partial charge on any atom is -0.376 e. The molecule has 0 bridgehead atoms. The van der Waals surface area contributed by atoms with Gasteiger partial charge in [-0.15, -0.1) is 0 Å². The first-order chi connectivity index (χ1) is 23.0.